The summed E-state index contributed by atoms with van der Waals surface area (Å²) in [6, 6.07) is 13.7. The molecule has 3 rings (SSSR count). The first-order valence-corrected chi connectivity index (χ1v) is 6.99. The molecular weight excluding hydrogens is 262 g/mol. The van der Waals surface area contributed by atoms with Crippen molar-refractivity contribution in [3.8, 4) is 5.75 Å². The molecule has 0 saturated heterocycles. The lowest BCUT2D eigenvalue weighted by Gasteiger charge is -2.11. The molecule has 21 heavy (non-hydrogen) atoms. The van der Waals surface area contributed by atoms with Crippen LogP contribution in [0.1, 0.15) is 28.5 Å². The Labute approximate surface area is 124 Å². The predicted molar refractivity (Wildman–Crippen MR) is 84.7 cm³/mol. The maximum absolute atomic E-state index is 6.39. The van der Waals surface area contributed by atoms with Gasteiger partial charge in [-0.1, -0.05) is 24.3 Å². The fourth-order valence-corrected chi connectivity index (χ4v) is 2.63. The SMILES string of the molecule is COc1cccc(C(N)c2oc3cc(C)ccc3c2C)c1. The molecule has 0 radical (unpaired) electrons. The molecule has 0 saturated carbocycles. The lowest BCUT2D eigenvalue weighted by Crippen LogP contribution is -2.12. The van der Waals surface area contributed by atoms with E-state index in [-0.39, 0.29) is 6.04 Å². The van der Waals surface area contributed by atoms with Gasteiger partial charge in [0.1, 0.15) is 17.1 Å². The molecule has 3 nitrogen and oxygen atoms in total. The smallest absolute Gasteiger partial charge is 0.134 e. The van der Waals surface area contributed by atoms with Crippen LogP contribution < -0.4 is 10.5 Å². The number of ether oxygens (including phenoxy) is 1. The van der Waals surface area contributed by atoms with Gasteiger partial charge in [0.05, 0.1) is 13.2 Å². The van der Waals surface area contributed by atoms with Crippen LogP contribution in [0.3, 0.4) is 0 Å². The molecule has 1 atom stereocenters. The molecule has 0 aliphatic heterocycles. The van der Waals surface area contributed by atoms with Gasteiger partial charge in [0, 0.05) is 10.9 Å². The van der Waals surface area contributed by atoms with Crippen LogP contribution in [0, 0.1) is 13.8 Å². The van der Waals surface area contributed by atoms with Gasteiger partial charge in [-0.2, -0.15) is 0 Å². The molecule has 0 aliphatic rings. The highest BCUT2D eigenvalue weighted by Gasteiger charge is 2.19. The van der Waals surface area contributed by atoms with Crippen LogP contribution in [0.15, 0.2) is 46.9 Å². The normalized spacial score (nSPS) is 12.6. The van der Waals surface area contributed by atoms with Gasteiger partial charge in [0.2, 0.25) is 0 Å². The molecule has 108 valence electrons. The summed E-state index contributed by atoms with van der Waals surface area (Å²) in [5.74, 6) is 1.61. The Balaban J connectivity index is 2.08. The number of hydrogen-bond acceptors (Lipinski definition) is 3. The summed E-state index contributed by atoms with van der Waals surface area (Å²) in [7, 11) is 1.65. The van der Waals surface area contributed by atoms with Gasteiger partial charge in [0.25, 0.3) is 0 Å². The van der Waals surface area contributed by atoms with E-state index in [4.69, 9.17) is 14.9 Å². The van der Waals surface area contributed by atoms with Gasteiger partial charge >= 0.3 is 0 Å². The van der Waals surface area contributed by atoms with E-state index in [0.29, 0.717) is 0 Å². The second-order valence-electron chi connectivity index (χ2n) is 5.35. The lowest BCUT2D eigenvalue weighted by molar-refractivity contribution is 0.413. The van der Waals surface area contributed by atoms with Crippen molar-refractivity contribution < 1.29 is 9.15 Å². The van der Waals surface area contributed by atoms with E-state index in [2.05, 4.69) is 26.0 Å². The average Bonchev–Trinajstić information content (AvgIpc) is 2.83. The summed E-state index contributed by atoms with van der Waals surface area (Å²) >= 11 is 0. The molecule has 1 heterocycles. The first-order chi connectivity index (χ1) is 10.1. The van der Waals surface area contributed by atoms with Crippen molar-refractivity contribution in [2.24, 2.45) is 5.73 Å². The van der Waals surface area contributed by atoms with E-state index in [1.54, 1.807) is 7.11 Å². The standard InChI is InChI=1S/C18H19NO2/c1-11-7-8-15-12(2)18(21-16(15)9-11)17(19)13-5-4-6-14(10-13)20-3/h4-10,17H,19H2,1-3H3. The molecule has 2 aromatic carbocycles. The van der Waals surface area contributed by atoms with Crippen LogP contribution in [0.5, 0.6) is 5.75 Å². The minimum absolute atomic E-state index is 0.298. The molecule has 2 N–H and O–H groups in total. The van der Waals surface area contributed by atoms with Crippen LogP contribution in [-0.4, -0.2) is 7.11 Å². The number of aryl methyl sites for hydroxylation is 2. The van der Waals surface area contributed by atoms with E-state index < -0.39 is 0 Å². The fourth-order valence-electron chi connectivity index (χ4n) is 2.63. The Hall–Kier alpha value is -2.26. The number of nitrogens with two attached hydrogens (primary N) is 1. The van der Waals surface area contributed by atoms with Gasteiger partial charge in [-0.15, -0.1) is 0 Å². The van der Waals surface area contributed by atoms with Crippen LogP contribution >= 0.6 is 0 Å². The minimum Gasteiger partial charge on any atom is -0.497 e. The summed E-state index contributed by atoms with van der Waals surface area (Å²) in [4.78, 5) is 0. The van der Waals surface area contributed by atoms with Crippen LogP contribution in [-0.2, 0) is 0 Å². The molecule has 0 fully saturated rings. The van der Waals surface area contributed by atoms with E-state index in [9.17, 15) is 0 Å². The molecule has 3 aromatic rings. The Bertz CT molecular complexity index is 789. The van der Waals surface area contributed by atoms with Gasteiger partial charge in [-0.3, -0.25) is 0 Å². The third-order valence-electron chi connectivity index (χ3n) is 3.87. The molecule has 1 aromatic heterocycles. The van der Waals surface area contributed by atoms with Crippen LogP contribution in [0.2, 0.25) is 0 Å². The summed E-state index contributed by atoms with van der Waals surface area (Å²) in [6.07, 6.45) is 0. The molecular formula is C18H19NO2. The van der Waals surface area contributed by atoms with E-state index in [1.165, 1.54) is 5.56 Å². The Morgan fingerprint density at radius 1 is 1.10 bits per heavy atom. The predicted octanol–water partition coefficient (Wildman–Crippen LogP) is 4.11. The second-order valence-corrected chi connectivity index (χ2v) is 5.35. The maximum Gasteiger partial charge on any atom is 0.134 e. The van der Waals surface area contributed by atoms with Gasteiger partial charge in [-0.05, 0) is 43.2 Å². The topological polar surface area (TPSA) is 48.4 Å². The Morgan fingerprint density at radius 2 is 1.90 bits per heavy atom. The zero-order valence-electron chi connectivity index (χ0n) is 12.5. The average molecular weight is 281 g/mol. The monoisotopic (exact) mass is 281 g/mol. The highest BCUT2D eigenvalue weighted by atomic mass is 16.5. The maximum atomic E-state index is 6.39. The number of benzene rings is 2. The van der Waals surface area contributed by atoms with Crippen molar-refractivity contribution in [2.75, 3.05) is 7.11 Å². The van der Waals surface area contributed by atoms with Crippen LogP contribution in [0.4, 0.5) is 0 Å². The van der Waals surface area contributed by atoms with Crippen molar-refractivity contribution in [1.29, 1.82) is 0 Å². The van der Waals surface area contributed by atoms with Crippen molar-refractivity contribution in [3.05, 3.63) is 64.9 Å². The number of fused-ring (bicyclic) bond motifs is 1. The summed E-state index contributed by atoms with van der Waals surface area (Å²) in [5, 5.41) is 1.12. The molecule has 1 unspecified atom stereocenters. The Morgan fingerprint density at radius 3 is 2.67 bits per heavy atom. The molecule has 0 amide bonds. The van der Waals surface area contributed by atoms with Crippen molar-refractivity contribution in [2.45, 2.75) is 19.9 Å². The van der Waals surface area contributed by atoms with Gasteiger partial charge in [-0.25, -0.2) is 0 Å². The van der Waals surface area contributed by atoms with Gasteiger partial charge in [0.15, 0.2) is 0 Å². The first-order valence-electron chi connectivity index (χ1n) is 6.99. The fraction of sp³-hybridized carbons (Fsp3) is 0.222. The number of hydrogen-bond donors (Lipinski definition) is 1. The zero-order chi connectivity index (χ0) is 15.0. The minimum atomic E-state index is -0.298. The summed E-state index contributed by atoms with van der Waals surface area (Å²) in [5.41, 5.74) is 10.5. The quantitative estimate of drug-likeness (QED) is 0.786. The largest absolute Gasteiger partial charge is 0.497 e. The summed E-state index contributed by atoms with van der Waals surface area (Å²) < 4.78 is 11.3. The number of methoxy groups -OCH3 is 1. The third-order valence-corrected chi connectivity index (χ3v) is 3.87. The van der Waals surface area contributed by atoms with E-state index in [0.717, 1.165) is 33.6 Å². The molecule has 0 spiro atoms. The van der Waals surface area contributed by atoms with E-state index >= 15 is 0 Å². The molecule has 0 aliphatic carbocycles. The van der Waals surface area contributed by atoms with E-state index in [1.807, 2.05) is 30.3 Å². The first kappa shape index (κ1) is 13.7. The highest BCUT2D eigenvalue weighted by molar-refractivity contribution is 5.83. The van der Waals surface area contributed by atoms with Crippen molar-refractivity contribution in [3.63, 3.8) is 0 Å². The number of furan rings is 1. The lowest BCUT2D eigenvalue weighted by atomic mass is 10.0. The Kier molecular flexibility index (Phi) is 3.43. The zero-order valence-corrected chi connectivity index (χ0v) is 12.5. The van der Waals surface area contributed by atoms with Crippen LogP contribution in [0.25, 0.3) is 11.0 Å². The third kappa shape index (κ3) is 2.41. The number of rotatable bonds is 3. The molecule has 3 heteroatoms. The highest BCUT2D eigenvalue weighted by Crippen LogP contribution is 2.32. The van der Waals surface area contributed by atoms with Crippen molar-refractivity contribution >= 4 is 11.0 Å². The second kappa shape index (κ2) is 5.26. The van der Waals surface area contributed by atoms with Crippen molar-refractivity contribution in [1.82, 2.24) is 0 Å². The van der Waals surface area contributed by atoms with Gasteiger partial charge < -0.3 is 14.9 Å². The summed E-state index contributed by atoms with van der Waals surface area (Å²) in [6.45, 7) is 4.11. The molecule has 0 bridgehead atoms.